The van der Waals surface area contributed by atoms with E-state index in [1.807, 2.05) is 18.2 Å². The topological polar surface area (TPSA) is 72.8 Å². The number of carbonyl (C=O) groups is 1. The number of nitrogens with one attached hydrogen (secondary N) is 1. The molecule has 25 heavy (non-hydrogen) atoms. The molecule has 0 spiro atoms. The number of benzene rings is 1. The van der Waals surface area contributed by atoms with E-state index in [0.717, 1.165) is 25.9 Å². The van der Waals surface area contributed by atoms with E-state index < -0.39 is 0 Å². The highest BCUT2D eigenvalue weighted by molar-refractivity contribution is 5.94. The molecule has 1 unspecified atom stereocenters. The monoisotopic (exact) mass is 368 g/mol. The highest BCUT2D eigenvalue weighted by atomic mass is 35.5. The summed E-state index contributed by atoms with van der Waals surface area (Å²) in [7, 11) is 0. The van der Waals surface area contributed by atoms with Gasteiger partial charge in [-0.3, -0.25) is 4.79 Å². The smallest absolute Gasteiger partial charge is 0.253 e. The molecule has 1 amide bonds. The fourth-order valence-electron chi connectivity index (χ4n) is 3.98. The van der Waals surface area contributed by atoms with Crippen LogP contribution in [0.5, 0.6) is 0 Å². The number of likely N-dealkylation sites (tertiary alicyclic amines) is 1. The van der Waals surface area contributed by atoms with Crippen LogP contribution in [0.25, 0.3) is 0 Å². The van der Waals surface area contributed by atoms with Crippen molar-refractivity contribution in [3.05, 3.63) is 35.4 Å². The molecular formula is C19H29ClN2O3. The molecule has 2 fully saturated rings. The lowest BCUT2D eigenvalue weighted by atomic mass is 9.89. The average Bonchev–Trinajstić information content (AvgIpc) is 3.13. The molecule has 5 nitrogen and oxygen atoms in total. The molecule has 3 atom stereocenters. The Hall–Kier alpha value is -1.14. The summed E-state index contributed by atoms with van der Waals surface area (Å²) >= 11 is 0. The first-order valence-corrected chi connectivity index (χ1v) is 9.00. The second kappa shape index (κ2) is 9.53. The summed E-state index contributed by atoms with van der Waals surface area (Å²) in [6.07, 6.45) is 2.98. The number of hydrogen-bond acceptors (Lipinski definition) is 4. The number of halogens is 1. The summed E-state index contributed by atoms with van der Waals surface area (Å²) in [4.78, 5) is 14.7. The molecule has 3 N–H and O–H groups in total. The Labute approximate surface area is 155 Å². The minimum atomic E-state index is 0. The van der Waals surface area contributed by atoms with Crippen molar-refractivity contribution in [1.82, 2.24) is 10.2 Å². The lowest BCUT2D eigenvalue weighted by Crippen LogP contribution is -2.45. The highest BCUT2D eigenvalue weighted by Gasteiger charge is 2.30. The maximum Gasteiger partial charge on any atom is 0.253 e. The Morgan fingerprint density at radius 2 is 1.88 bits per heavy atom. The molecule has 0 radical (unpaired) electrons. The zero-order valence-corrected chi connectivity index (χ0v) is 15.4. The number of amides is 1. The number of aliphatic hydroxyl groups is 2. The van der Waals surface area contributed by atoms with Crippen molar-refractivity contribution in [2.75, 3.05) is 39.4 Å². The van der Waals surface area contributed by atoms with Crippen molar-refractivity contribution in [3.63, 3.8) is 0 Å². The largest absolute Gasteiger partial charge is 0.396 e. The first-order valence-electron chi connectivity index (χ1n) is 9.00. The summed E-state index contributed by atoms with van der Waals surface area (Å²) < 4.78 is 0. The van der Waals surface area contributed by atoms with Crippen LogP contribution >= 0.6 is 12.4 Å². The maximum atomic E-state index is 12.9. The summed E-state index contributed by atoms with van der Waals surface area (Å²) in [5.41, 5.74) is 1.93. The molecule has 0 aromatic heterocycles. The van der Waals surface area contributed by atoms with E-state index in [9.17, 15) is 15.0 Å². The van der Waals surface area contributed by atoms with E-state index in [1.165, 1.54) is 12.0 Å². The number of hydrogen-bond donors (Lipinski definition) is 3. The second-order valence-electron chi connectivity index (χ2n) is 7.31. The maximum absolute atomic E-state index is 12.9. The van der Waals surface area contributed by atoms with E-state index in [0.29, 0.717) is 24.6 Å². The van der Waals surface area contributed by atoms with Gasteiger partial charge in [-0.05, 0) is 56.0 Å². The predicted octanol–water partition coefficient (Wildman–Crippen LogP) is 1.32. The molecule has 0 aliphatic carbocycles. The van der Waals surface area contributed by atoms with Gasteiger partial charge in [0, 0.05) is 43.7 Å². The zero-order chi connectivity index (χ0) is 16.9. The van der Waals surface area contributed by atoms with E-state index in [1.54, 1.807) is 4.90 Å². The molecule has 1 aromatic carbocycles. The van der Waals surface area contributed by atoms with Gasteiger partial charge in [0.05, 0.1) is 0 Å². The van der Waals surface area contributed by atoms with Crippen LogP contribution < -0.4 is 5.32 Å². The van der Waals surface area contributed by atoms with Crippen LogP contribution in [-0.2, 0) is 6.42 Å². The Bertz CT molecular complexity index is 551. The molecule has 3 rings (SSSR count). The molecule has 6 heteroatoms. The van der Waals surface area contributed by atoms with Gasteiger partial charge in [-0.25, -0.2) is 0 Å². The Balaban J connectivity index is 0.00000225. The van der Waals surface area contributed by atoms with Gasteiger partial charge in [-0.1, -0.05) is 12.1 Å². The SMILES string of the molecule is Cl.O=C(c1cccc(CC2CCNC2)c1)N1C[C@H](CO)C[C@H](CO)C1. The van der Waals surface area contributed by atoms with Crippen molar-refractivity contribution in [2.24, 2.45) is 17.8 Å². The fraction of sp³-hybridized carbons (Fsp3) is 0.632. The molecule has 140 valence electrons. The van der Waals surface area contributed by atoms with Gasteiger partial charge in [0.15, 0.2) is 0 Å². The standard InChI is InChI=1S/C19H28N2O3.ClH/c22-12-16-7-17(13-23)11-21(10-16)19(24)18-3-1-2-14(8-18)6-15-4-5-20-9-15;/h1-3,8,15-17,20,22-23H,4-7,9-13H2;1H/t15?,16-,17+;. The quantitative estimate of drug-likeness (QED) is 0.733. The zero-order valence-electron chi connectivity index (χ0n) is 14.6. The van der Waals surface area contributed by atoms with Crippen LogP contribution in [0.2, 0.25) is 0 Å². The molecule has 2 aliphatic rings. The van der Waals surface area contributed by atoms with Crippen LogP contribution in [0.15, 0.2) is 24.3 Å². The molecule has 0 saturated carbocycles. The lowest BCUT2D eigenvalue weighted by Gasteiger charge is -2.36. The van der Waals surface area contributed by atoms with Gasteiger partial charge in [0.25, 0.3) is 5.91 Å². The third-order valence-electron chi connectivity index (χ3n) is 5.29. The first kappa shape index (κ1) is 20.2. The van der Waals surface area contributed by atoms with E-state index in [2.05, 4.69) is 11.4 Å². The van der Waals surface area contributed by atoms with E-state index in [4.69, 9.17) is 0 Å². The number of carbonyl (C=O) groups excluding carboxylic acids is 1. The van der Waals surface area contributed by atoms with Crippen molar-refractivity contribution in [3.8, 4) is 0 Å². The van der Waals surface area contributed by atoms with Crippen molar-refractivity contribution >= 4 is 18.3 Å². The van der Waals surface area contributed by atoms with Crippen LogP contribution in [-0.4, -0.2) is 60.4 Å². The Morgan fingerprint density at radius 3 is 2.48 bits per heavy atom. The fourth-order valence-corrected chi connectivity index (χ4v) is 3.98. The minimum absolute atomic E-state index is 0. The molecule has 0 bridgehead atoms. The van der Waals surface area contributed by atoms with Crippen molar-refractivity contribution in [2.45, 2.75) is 19.3 Å². The van der Waals surface area contributed by atoms with Gasteiger partial charge in [0.1, 0.15) is 0 Å². The summed E-state index contributed by atoms with van der Waals surface area (Å²) in [6.45, 7) is 3.41. The number of aliphatic hydroxyl groups excluding tert-OH is 2. The van der Waals surface area contributed by atoms with Crippen molar-refractivity contribution < 1.29 is 15.0 Å². The predicted molar refractivity (Wildman–Crippen MR) is 100 cm³/mol. The third-order valence-corrected chi connectivity index (χ3v) is 5.29. The highest BCUT2D eigenvalue weighted by Crippen LogP contribution is 2.24. The normalized spacial score (nSPS) is 26.3. The minimum Gasteiger partial charge on any atom is -0.396 e. The van der Waals surface area contributed by atoms with Gasteiger partial charge >= 0.3 is 0 Å². The Morgan fingerprint density at radius 1 is 1.16 bits per heavy atom. The van der Waals surface area contributed by atoms with Gasteiger partial charge < -0.3 is 20.4 Å². The first-order chi connectivity index (χ1) is 11.7. The number of nitrogens with zero attached hydrogens (tertiary/aromatic N) is 1. The lowest BCUT2D eigenvalue weighted by molar-refractivity contribution is 0.0415. The van der Waals surface area contributed by atoms with Gasteiger partial charge in [0.2, 0.25) is 0 Å². The summed E-state index contributed by atoms with van der Waals surface area (Å²) in [6, 6.07) is 7.94. The third kappa shape index (κ3) is 5.17. The molecule has 2 heterocycles. The van der Waals surface area contributed by atoms with Crippen LogP contribution in [0.3, 0.4) is 0 Å². The van der Waals surface area contributed by atoms with E-state index >= 15 is 0 Å². The van der Waals surface area contributed by atoms with Gasteiger partial charge in [-0.2, -0.15) is 0 Å². The van der Waals surface area contributed by atoms with Crippen LogP contribution in [0.4, 0.5) is 0 Å². The van der Waals surface area contributed by atoms with E-state index in [-0.39, 0.29) is 43.4 Å². The van der Waals surface area contributed by atoms with Crippen molar-refractivity contribution in [1.29, 1.82) is 0 Å². The molecule has 2 saturated heterocycles. The van der Waals surface area contributed by atoms with Crippen LogP contribution in [0, 0.1) is 17.8 Å². The molecule has 2 aliphatic heterocycles. The summed E-state index contributed by atoms with van der Waals surface area (Å²) in [5.74, 6) is 0.793. The number of piperidine rings is 1. The molecular weight excluding hydrogens is 340 g/mol. The molecule has 1 aromatic rings. The number of rotatable bonds is 5. The van der Waals surface area contributed by atoms with Gasteiger partial charge in [-0.15, -0.1) is 12.4 Å². The second-order valence-corrected chi connectivity index (χ2v) is 7.31. The average molecular weight is 369 g/mol. The summed E-state index contributed by atoms with van der Waals surface area (Å²) in [5, 5.41) is 22.3. The van der Waals surface area contributed by atoms with Crippen LogP contribution in [0.1, 0.15) is 28.8 Å². The Kier molecular flexibility index (Phi) is 7.69.